The van der Waals surface area contributed by atoms with Crippen molar-refractivity contribution < 1.29 is 0 Å². The molecule has 0 aromatic heterocycles. The van der Waals surface area contributed by atoms with Gasteiger partial charge in [-0.1, -0.05) is 48.0 Å². The summed E-state index contributed by atoms with van der Waals surface area (Å²) in [5, 5.41) is 0. The van der Waals surface area contributed by atoms with Crippen LogP contribution in [0.25, 0.3) is 0 Å². The molecule has 0 fully saturated rings. The maximum absolute atomic E-state index is 2.40. The van der Waals surface area contributed by atoms with Crippen molar-refractivity contribution in [1.82, 2.24) is 0 Å². The number of fused-ring (bicyclic) bond motifs is 1. The molecule has 0 N–H and O–H groups in total. The molecule has 2 aromatic rings. The second-order valence-corrected chi connectivity index (χ2v) is 5.44. The van der Waals surface area contributed by atoms with E-state index < -0.39 is 0 Å². The van der Waals surface area contributed by atoms with Crippen LogP contribution in [-0.4, -0.2) is 0 Å². The Balaban J connectivity index is 2.01. The third-order valence-electron chi connectivity index (χ3n) is 4.48. The van der Waals surface area contributed by atoms with Gasteiger partial charge in [-0.15, -0.1) is 0 Å². The van der Waals surface area contributed by atoms with Crippen LogP contribution >= 0.6 is 0 Å². The van der Waals surface area contributed by atoms with Crippen LogP contribution in [0.3, 0.4) is 0 Å². The van der Waals surface area contributed by atoms with Crippen molar-refractivity contribution in [3.8, 4) is 0 Å². The van der Waals surface area contributed by atoms with E-state index in [0.717, 1.165) is 0 Å². The van der Waals surface area contributed by atoms with Gasteiger partial charge in [-0.2, -0.15) is 0 Å². The van der Waals surface area contributed by atoms with Gasteiger partial charge >= 0.3 is 0 Å². The van der Waals surface area contributed by atoms with E-state index in [-0.39, 0.29) is 0 Å². The Morgan fingerprint density at radius 1 is 0.765 bits per heavy atom. The first-order valence-electron chi connectivity index (χ1n) is 6.54. The van der Waals surface area contributed by atoms with E-state index in [1.165, 1.54) is 18.4 Å². The van der Waals surface area contributed by atoms with Gasteiger partial charge in [0.2, 0.25) is 0 Å². The van der Waals surface area contributed by atoms with E-state index >= 15 is 0 Å². The maximum atomic E-state index is 2.40. The average molecular weight is 220 g/mol. The van der Waals surface area contributed by atoms with Crippen molar-refractivity contribution in [3.63, 3.8) is 0 Å². The fraction of sp³-hybridized carbons (Fsp3) is 0.294. The molecule has 2 aromatic carbocycles. The lowest BCUT2D eigenvalue weighted by Gasteiger charge is -2.40. The smallest absolute Gasteiger partial charge is 0.00956 e. The topological polar surface area (TPSA) is 0 Å². The number of hydrogen-bond acceptors (Lipinski definition) is 0. The molecule has 0 saturated heterocycles. The second-order valence-electron chi connectivity index (χ2n) is 5.44. The van der Waals surface area contributed by atoms with Gasteiger partial charge in [0.25, 0.3) is 0 Å². The Morgan fingerprint density at radius 2 is 1.35 bits per heavy atom. The highest BCUT2D eigenvalue weighted by atomic mass is 14.4. The van der Waals surface area contributed by atoms with Crippen LogP contribution in [0.1, 0.15) is 52.5 Å². The number of aryl methyl sites for hydroxylation is 1. The Hall–Kier alpha value is -1.56. The summed E-state index contributed by atoms with van der Waals surface area (Å²) in [6.07, 6.45) is 2.66. The van der Waals surface area contributed by atoms with E-state index in [4.69, 9.17) is 0 Å². The van der Waals surface area contributed by atoms with Crippen LogP contribution in [0.4, 0.5) is 0 Å². The van der Waals surface area contributed by atoms with Gasteiger partial charge in [-0.05, 0) is 42.0 Å². The first-order valence-corrected chi connectivity index (χ1v) is 6.54. The standard InChI is InChI=1S/C17H16/c1-11-6-7-15-14-8-9-16(17(15)10-11)13-5-3-2-4-12(13)14/h2-7,10,14,16H,8-9H2,1H3. The normalized spacial score (nSPS) is 24.3. The van der Waals surface area contributed by atoms with Gasteiger partial charge in [-0.25, -0.2) is 0 Å². The SMILES string of the molecule is Cc1ccc2c(c1)C1CCC2c2ccccc21. The summed E-state index contributed by atoms with van der Waals surface area (Å²) >= 11 is 0. The zero-order valence-corrected chi connectivity index (χ0v) is 10.1. The molecule has 2 unspecified atom stereocenters. The number of rotatable bonds is 0. The molecule has 0 amide bonds. The minimum atomic E-state index is 0.658. The van der Waals surface area contributed by atoms with Crippen molar-refractivity contribution in [1.29, 1.82) is 0 Å². The summed E-state index contributed by atoms with van der Waals surface area (Å²) < 4.78 is 0. The highest BCUT2D eigenvalue weighted by Gasteiger charge is 2.36. The minimum Gasteiger partial charge on any atom is -0.0620 e. The summed E-state index contributed by atoms with van der Waals surface area (Å²) in [5.41, 5.74) is 7.75. The zero-order chi connectivity index (χ0) is 11.4. The predicted molar refractivity (Wildman–Crippen MR) is 70.5 cm³/mol. The van der Waals surface area contributed by atoms with E-state index in [9.17, 15) is 0 Å². The van der Waals surface area contributed by atoms with Crippen molar-refractivity contribution in [3.05, 3.63) is 70.3 Å². The fourth-order valence-corrected chi connectivity index (χ4v) is 3.75. The Labute approximate surface area is 102 Å². The van der Waals surface area contributed by atoms with Gasteiger partial charge in [0.05, 0.1) is 0 Å². The van der Waals surface area contributed by atoms with E-state index in [2.05, 4.69) is 49.4 Å². The third-order valence-corrected chi connectivity index (χ3v) is 4.48. The lowest BCUT2D eigenvalue weighted by atomic mass is 9.64. The van der Waals surface area contributed by atoms with Gasteiger partial charge in [0, 0.05) is 11.8 Å². The molecule has 0 aliphatic heterocycles. The molecular weight excluding hydrogens is 204 g/mol. The predicted octanol–water partition coefficient (Wildman–Crippen LogP) is 4.37. The molecule has 0 nitrogen and oxygen atoms in total. The molecule has 5 rings (SSSR count). The van der Waals surface area contributed by atoms with Crippen LogP contribution < -0.4 is 0 Å². The van der Waals surface area contributed by atoms with Crippen molar-refractivity contribution in [2.24, 2.45) is 0 Å². The molecule has 3 aliphatic rings. The molecule has 0 radical (unpaired) electrons. The Bertz CT molecular complexity index is 595. The number of benzene rings is 2. The van der Waals surface area contributed by atoms with E-state index in [0.29, 0.717) is 11.8 Å². The van der Waals surface area contributed by atoms with Gasteiger partial charge < -0.3 is 0 Å². The summed E-state index contributed by atoms with van der Waals surface area (Å²) in [5.74, 6) is 1.32. The monoisotopic (exact) mass is 220 g/mol. The van der Waals surface area contributed by atoms with Crippen LogP contribution in [0, 0.1) is 6.92 Å². The lowest BCUT2D eigenvalue weighted by molar-refractivity contribution is 0.519. The van der Waals surface area contributed by atoms with Gasteiger partial charge in [-0.3, -0.25) is 0 Å². The molecule has 0 saturated carbocycles. The minimum absolute atomic E-state index is 0.658. The molecule has 0 heteroatoms. The summed E-state index contributed by atoms with van der Waals surface area (Å²) in [6, 6.07) is 16.1. The number of hydrogen-bond donors (Lipinski definition) is 0. The van der Waals surface area contributed by atoms with E-state index in [1.54, 1.807) is 22.3 Å². The third kappa shape index (κ3) is 1.18. The van der Waals surface area contributed by atoms with Gasteiger partial charge in [0.1, 0.15) is 0 Å². The summed E-state index contributed by atoms with van der Waals surface area (Å²) in [6.45, 7) is 2.20. The Kier molecular flexibility index (Phi) is 1.80. The molecule has 0 spiro atoms. The van der Waals surface area contributed by atoms with Crippen LogP contribution in [0.2, 0.25) is 0 Å². The first-order chi connectivity index (χ1) is 8.34. The van der Waals surface area contributed by atoms with Gasteiger partial charge in [0.15, 0.2) is 0 Å². The molecule has 17 heavy (non-hydrogen) atoms. The van der Waals surface area contributed by atoms with Crippen LogP contribution in [0.5, 0.6) is 0 Å². The van der Waals surface area contributed by atoms with Crippen LogP contribution in [-0.2, 0) is 0 Å². The summed E-state index contributed by atoms with van der Waals surface area (Å²) in [4.78, 5) is 0. The quantitative estimate of drug-likeness (QED) is 0.618. The fourth-order valence-electron chi connectivity index (χ4n) is 3.75. The molecule has 84 valence electrons. The van der Waals surface area contributed by atoms with Crippen molar-refractivity contribution in [2.75, 3.05) is 0 Å². The highest BCUT2D eigenvalue weighted by Crippen LogP contribution is 2.52. The highest BCUT2D eigenvalue weighted by molar-refractivity contribution is 5.55. The second kappa shape index (κ2) is 3.22. The Morgan fingerprint density at radius 3 is 2.06 bits per heavy atom. The van der Waals surface area contributed by atoms with Crippen molar-refractivity contribution in [2.45, 2.75) is 31.6 Å². The average Bonchev–Trinajstić information content (AvgIpc) is 2.39. The summed E-state index contributed by atoms with van der Waals surface area (Å²) in [7, 11) is 0. The molecule has 2 bridgehead atoms. The van der Waals surface area contributed by atoms with E-state index in [1.807, 2.05) is 0 Å². The molecule has 0 heterocycles. The van der Waals surface area contributed by atoms with Crippen molar-refractivity contribution >= 4 is 0 Å². The first kappa shape index (κ1) is 9.47. The van der Waals surface area contributed by atoms with Crippen LogP contribution in [0.15, 0.2) is 42.5 Å². The molecule has 2 atom stereocenters. The molecule has 3 aliphatic carbocycles. The largest absolute Gasteiger partial charge is 0.0620 e. The molecular formula is C17H16. The lowest BCUT2D eigenvalue weighted by Crippen LogP contribution is -2.24. The zero-order valence-electron chi connectivity index (χ0n) is 10.1. The maximum Gasteiger partial charge on any atom is 0.00956 e.